The minimum Gasteiger partial charge on any atom is -0.465 e. The Morgan fingerprint density at radius 1 is 1.42 bits per heavy atom. The summed E-state index contributed by atoms with van der Waals surface area (Å²) in [5.74, 6) is 0.606. The van der Waals surface area contributed by atoms with E-state index in [-0.39, 0.29) is 11.9 Å². The van der Waals surface area contributed by atoms with Crippen LogP contribution in [0.5, 0.6) is 0 Å². The summed E-state index contributed by atoms with van der Waals surface area (Å²) in [5, 5.41) is 23.8. The Kier molecular flexibility index (Phi) is 7.80. The van der Waals surface area contributed by atoms with Gasteiger partial charge < -0.3 is 25.1 Å². The molecule has 2 amide bonds. The van der Waals surface area contributed by atoms with Crippen LogP contribution in [0.15, 0.2) is 23.5 Å². The van der Waals surface area contributed by atoms with Gasteiger partial charge in [0.2, 0.25) is 6.10 Å². The molecule has 1 aromatic heterocycles. The van der Waals surface area contributed by atoms with Gasteiger partial charge in [-0.15, -0.1) is 0 Å². The number of nitriles is 1. The molecular weight excluding hydrogens is 400 g/mol. The highest BCUT2D eigenvalue weighted by Crippen LogP contribution is 2.27. The van der Waals surface area contributed by atoms with Gasteiger partial charge in [0.1, 0.15) is 11.9 Å². The van der Waals surface area contributed by atoms with Crippen LogP contribution in [-0.2, 0) is 9.63 Å². The Balaban J connectivity index is 2.05. The van der Waals surface area contributed by atoms with E-state index in [1.54, 1.807) is 24.1 Å². The van der Waals surface area contributed by atoms with Gasteiger partial charge in [0.05, 0.1) is 17.8 Å². The number of hydrogen-bond acceptors (Lipinski definition) is 7. The van der Waals surface area contributed by atoms with Crippen LogP contribution >= 0.6 is 0 Å². The van der Waals surface area contributed by atoms with Crippen molar-refractivity contribution in [3.63, 3.8) is 0 Å². The van der Waals surface area contributed by atoms with Gasteiger partial charge >= 0.3 is 6.09 Å². The number of rotatable bonds is 6. The van der Waals surface area contributed by atoms with Gasteiger partial charge in [-0.1, -0.05) is 25.9 Å². The molecule has 0 aromatic carbocycles. The fourth-order valence-electron chi connectivity index (χ4n) is 3.28. The SMILES string of the molecule is CC(/C=N/OC(C(=O)N1CCN(c2ccc(C#N)cn2)C[C@H]1C)C(C)(C)C)NC(=O)O. The Hall–Kier alpha value is -3.35. The predicted octanol–water partition coefficient (Wildman–Crippen LogP) is 2.06. The minimum absolute atomic E-state index is 0.0799. The zero-order valence-corrected chi connectivity index (χ0v) is 18.6. The first-order valence-electron chi connectivity index (χ1n) is 10.1. The predicted molar refractivity (Wildman–Crippen MR) is 116 cm³/mol. The van der Waals surface area contributed by atoms with E-state index in [0.29, 0.717) is 25.2 Å². The average Bonchev–Trinajstić information content (AvgIpc) is 2.69. The summed E-state index contributed by atoms with van der Waals surface area (Å²) in [6.07, 6.45) is 0.880. The second-order valence-electron chi connectivity index (χ2n) is 8.69. The number of piperazine rings is 1. The molecule has 0 spiro atoms. The van der Waals surface area contributed by atoms with Crippen LogP contribution in [-0.4, -0.2) is 71.0 Å². The second-order valence-corrected chi connectivity index (χ2v) is 8.69. The zero-order valence-electron chi connectivity index (χ0n) is 18.6. The van der Waals surface area contributed by atoms with Gasteiger partial charge in [-0.25, -0.2) is 9.78 Å². The van der Waals surface area contributed by atoms with E-state index in [0.717, 1.165) is 5.82 Å². The van der Waals surface area contributed by atoms with Crippen LogP contribution in [0.2, 0.25) is 0 Å². The van der Waals surface area contributed by atoms with Crippen molar-refractivity contribution in [1.82, 2.24) is 15.2 Å². The van der Waals surface area contributed by atoms with Crippen LogP contribution in [0.3, 0.4) is 0 Å². The molecule has 10 nitrogen and oxygen atoms in total. The fourth-order valence-corrected chi connectivity index (χ4v) is 3.28. The second kappa shape index (κ2) is 10.1. The van der Waals surface area contributed by atoms with Gasteiger partial charge in [-0.2, -0.15) is 5.26 Å². The van der Waals surface area contributed by atoms with Crippen LogP contribution < -0.4 is 10.2 Å². The number of anilines is 1. The molecule has 1 aliphatic rings. The molecule has 1 aromatic rings. The Morgan fingerprint density at radius 2 is 2.13 bits per heavy atom. The summed E-state index contributed by atoms with van der Waals surface area (Å²) in [5.41, 5.74) is -0.00660. The van der Waals surface area contributed by atoms with E-state index in [1.807, 2.05) is 33.8 Å². The topological polar surface area (TPSA) is 131 Å². The molecule has 31 heavy (non-hydrogen) atoms. The lowest BCUT2D eigenvalue weighted by Crippen LogP contribution is -2.58. The van der Waals surface area contributed by atoms with Gasteiger partial charge in [0, 0.05) is 37.3 Å². The number of pyridine rings is 1. The van der Waals surface area contributed by atoms with Crippen molar-refractivity contribution in [2.24, 2.45) is 10.6 Å². The highest BCUT2D eigenvalue weighted by molar-refractivity contribution is 5.82. The summed E-state index contributed by atoms with van der Waals surface area (Å²) in [6.45, 7) is 11.0. The summed E-state index contributed by atoms with van der Waals surface area (Å²) in [4.78, 5) is 37.7. The molecule has 168 valence electrons. The van der Waals surface area contributed by atoms with Crippen molar-refractivity contribution in [3.05, 3.63) is 23.9 Å². The first kappa shape index (κ1) is 23.9. The number of carboxylic acid groups (broad SMARTS) is 1. The van der Waals surface area contributed by atoms with Crippen LogP contribution in [0, 0.1) is 16.7 Å². The van der Waals surface area contributed by atoms with Crippen LogP contribution in [0.1, 0.15) is 40.2 Å². The lowest BCUT2D eigenvalue weighted by atomic mass is 9.88. The smallest absolute Gasteiger partial charge is 0.405 e. The van der Waals surface area contributed by atoms with Crippen molar-refractivity contribution in [3.8, 4) is 6.07 Å². The van der Waals surface area contributed by atoms with Crippen molar-refractivity contribution < 1.29 is 19.5 Å². The molecule has 1 fully saturated rings. The molecule has 0 saturated carbocycles. The summed E-state index contributed by atoms with van der Waals surface area (Å²) >= 11 is 0. The Bertz CT molecular complexity index is 843. The van der Waals surface area contributed by atoms with E-state index >= 15 is 0 Å². The molecule has 0 bridgehead atoms. The summed E-state index contributed by atoms with van der Waals surface area (Å²) < 4.78 is 0. The number of amides is 2. The standard InChI is InChI=1S/C21H30N6O4/c1-14(25-20(29)30)11-24-31-18(21(3,4)5)19(28)27-9-8-26(13-15(27)2)17-7-6-16(10-22)12-23-17/h6-7,11-12,14-15,18,25H,8-9,13H2,1-5H3,(H,29,30)/b24-11+/t14?,15-,18?/m1/s1. The third-order valence-electron chi connectivity index (χ3n) is 4.92. The Morgan fingerprint density at radius 3 is 2.65 bits per heavy atom. The molecule has 1 aliphatic heterocycles. The molecule has 0 radical (unpaired) electrons. The molecular formula is C21H30N6O4. The quantitative estimate of drug-likeness (QED) is 0.522. The minimum atomic E-state index is -1.16. The first-order chi connectivity index (χ1) is 14.5. The van der Waals surface area contributed by atoms with Crippen LogP contribution in [0.4, 0.5) is 10.6 Å². The monoisotopic (exact) mass is 430 g/mol. The summed E-state index contributed by atoms with van der Waals surface area (Å²) in [6, 6.07) is 4.97. The maximum atomic E-state index is 13.3. The molecule has 1 saturated heterocycles. The van der Waals surface area contributed by atoms with Crippen molar-refractivity contribution >= 4 is 24.0 Å². The number of hydrogen-bond donors (Lipinski definition) is 2. The maximum absolute atomic E-state index is 13.3. The lowest BCUT2D eigenvalue weighted by molar-refractivity contribution is -0.153. The van der Waals surface area contributed by atoms with Crippen molar-refractivity contribution in [2.75, 3.05) is 24.5 Å². The largest absolute Gasteiger partial charge is 0.465 e. The third kappa shape index (κ3) is 6.57. The molecule has 10 heteroatoms. The van der Waals surface area contributed by atoms with Crippen molar-refractivity contribution in [2.45, 2.75) is 52.8 Å². The Labute approximate surface area is 182 Å². The molecule has 3 atom stereocenters. The number of oxime groups is 1. The maximum Gasteiger partial charge on any atom is 0.405 e. The van der Waals surface area contributed by atoms with Crippen molar-refractivity contribution in [1.29, 1.82) is 5.26 Å². The van der Waals surface area contributed by atoms with E-state index in [9.17, 15) is 9.59 Å². The fraction of sp³-hybridized carbons (Fsp3) is 0.571. The van der Waals surface area contributed by atoms with Gasteiger partial charge in [0.15, 0.2) is 0 Å². The number of aromatic nitrogens is 1. The van der Waals surface area contributed by atoms with E-state index in [2.05, 4.69) is 26.4 Å². The lowest BCUT2D eigenvalue weighted by Gasteiger charge is -2.42. The normalized spacial score (nSPS) is 18.9. The number of carbonyl (C=O) groups is 2. The first-order valence-corrected chi connectivity index (χ1v) is 10.1. The summed E-state index contributed by atoms with van der Waals surface area (Å²) in [7, 11) is 0. The molecule has 2 N–H and O–H groups in total. The zero-order chi connectivity index (χ0) is 23.2. The van der Waals surface area contributed by atoms with Crippen LogP contribution in [0.25, 0.3) is 0 Å². The van der Waals surface area contributed by atoms with E-state index in [1.165, 1.54) is 6.21 Å². The molecule has 2 rings (SSSR count). The van der Waals surface area contributed by atoms with Gasteiger partial charge in [-0.3, -0.25) is 4.79 Å². The van der Waals surface area contributed by atoms with E-state index in [4.69, 9.17) is 15.2 Å². The average molecular weight is 431 g/mol. The van der Waals surface area contributed by atoms with Gasteiger partial charge in [0.25, 0.3) is 5.91 Å². The third-order valence-corrected chi connectivity index (χ3v) is 4.92. The van der Waals surface area contributed by atoms with Gasteiger partial charge in [-0.05, 0) is 26.0 Å². The highest BCUT2D eigenvalue weighted by Gasteiger charge is 2.40. The molecule has 2 unspecified atom stereocenters. The molecule has 0 aliphatic carbocycles. The van der Waals surface area contributed by atoms with E-state index < -0.39 is 23.7 Å². The number of nitrogens with one attached hydrogen (secondary N) is 1. The highest BCUT2D eigenvalue weighted by atomic mass is 16.6. The molecule has 2 heterocycles. The number of carbonyl (C=O) groups excluding carboxylic acids is 1. The number of nitrogens with zero attached hydrogens (tertiary/aromatic N) is 5.